The lowest BCUT2D eigenvalue weighted by Gasteiger charge is -2.17. The molecule has 0 aliphatic rings. The number of thiophene rings is 1. The van der Waals surface area contributed by atoms with E-state index in [2.05, 4.69) is 10.3 Å². The summed E-state index contributed by atoms with van der Waals surface area (Å²) in [5, 5.41) is 4.82. The molecule has 158 valence electrons. The lowest BCUT2D eigenvalue weighted by atomic mass is 10.1. The third-order valence-corrected chi connectivity index (χ3v) is 5.67. The second-order valence-corrected chi connectivity index (χ2v) is 7.82. The van der Waals surface area contributed by atoms with Gasteiger partial charge in [-0.1, -0.05) is 18.2 Å². The molecule has 4 rings (SSSR count). The van der Waals surface area contributed by atoms with E-state index in [1.807, 2.05) is 52.5 Å². The molecule has 3 aromatic heterocycles. The summed E-state index contributed by atoms with van der Waals surface area (Å²) in [5.74, 6) is -0.117. The summed E-state index contributed by atoms with van der Waals surface area (Å²) in [6.07, 6.45) is 3.90. The molecule has 1 amide bonds. The van der Waals surface area contributed by atoms with Crippen LogP contribution in [0, 0.1) is 0 Å². The number of esters is 1. The monoisotopic (exact) mass is 435 g/mol. The molecule has 0 saturated carbocycles. The number of hydrogen-bond donors (Lipinski definition) is 1. The van der Waals surface area contributed by atoms with Crippen molar-refractivity contribution >= 4 is 28.9 Å². The van der Waals surface area contributed by atoms with Crippen molar-refractivity contribution in [3.8, 4) is 5.75 Å². The Morgan fingerprint density at radius 2 is 2.06 bits per heavy atom. The number of hydrogen-bond acceptors (Lipinski definition) is 6. The maximum Gasteiger partial charge on any atom is 0.307 e. The Kier molecular flexibility index (Phi) is 6.28. The molecule has 4 aromatic rings. The largest absolute Gasteiger partial charge is 0.487 e. The molecule has 0 aliphatic carbocycles. The Morgan fingerprint density at radius 3 is 2.84 bits per heavy atom. The van der Waals surface area contributed by atoms with Gasteiger partial charge in [0.15, 0.2) is 0 Å². The van der Waals surface area contributed by atoms with Gasteiger partial charge in [-0.15, -0.1) is 11.3 Å². The Morgan fingerprint density at radius 1 is 1.16 bits per heavy atom. The van der Waals surface area contributed by atoms with E-state index >= 15 is 0 Å². The second kappa shape index (κ2) is 9.44. The Labute approximate surface area is 183 Å². The predicted octanol–water partition coefficient (Wildman–Crippen LogP) is 4.01. The van der Waals surface area contributed by atoms with Crippen molar-refractivity contribution in [2.45, 2.75) is 19.1 Å². The Hall–Kier alpha value is -3.65. The summed E-state index contributed by atoms with van der Waals surface area (Å²) < 4.78 is 12.5. The van der Waals surface area contributed by atoms with E-state index in [1.165, 1.54) is 18.4 Å². The number of pyridine rings is 1. The Bertz CT molecular complexity index is 1150. The van der Waals surface area contributed by atoms with E-state index < -0.39 is 6.04 Å². The maximum absolute atomic E-state index is 12.8. The first-order chi connectivity index (χ1) is 15.1. The van der Waals surface area contributed by atoms with Crippen LogP contribution in [-0.2, 0) is 16.1 Å². The first kappa shape index (κ1) is 20.6. The average Bonchev–Trinajstić information content (AvgIpc) is 3.47. The van der Waals surface area contributed by atoms with Crippen LogP contribution < -0.4 is 10.1 Å². The molecule has 0 aliphatic heterocycles. The van der Waals surface area contributed by atoms with E-state index in [1.54, 1.807) is 24.3 Å². The molecule has 0 spiro atoms. The van der Waals surface area contributed by atoms with Crippen molar-refractivity contribution < 1.29 is 19.1 Å². The quantitative estimate of drug-likeness (QED) is 0.423. The van der Waals surface area contributed by atoms with Gasteiger partial charge in [0.05, 0.1) is 25.3 Å². The first-order valence-electron chi connectivity index (χ1n) is 9.69. The minimum Gasteiger partial charge on any atom is -0.487 e. The number of fused-ring (bicyclic) bond motifs is 1. The van der Waals surface area contributed by atoms with Gasteiger partial charge < -0.3 is 19.2 Å². The van der Waals surface area contributed by atoms with Crippen LogP contribution >= 0.6 is 11.3 Å². The van der Waals surface area contributed by atoms with Crippen molar-refractivity contribution in [1.29, 1.82) is 0 Å². The van der Waals surface area contributed by atoms with E-state index in [4.69, 9.17) is 9.47 Å². The summed E-state index contributed by atoms with van der Waals surface area (Å²) in [6, 6.07) is 16.0. The Balaban J connectivity index is 1.43. The third-order valence-electron chi connectivity index (χ3n) is 4.69. The van der Waals surface area contributed by atoms with Crippen molar-refractivity contribution in [3.63, 3.8) is 0 Å². The number of nitrogens with one attached hydrogen (secondary N) is 1. The van der Waals surface area contributed by atoms with Gasteiger partial charge in [0, 0.05) is 22.8 Å². The molecule has 0 bridgehead atoms. The number of benzene rings is 1. The van der Waals surface area contributed by atoms with Crippen LogP contribution in [0.4, 0.5) is 0 Å². The van der Waals surface area contributed by atoms with E-state index in [0.717, 1.165) is 16.2 Å². The van der Waals surface area contributed by atoms with Crippen LogP contribution in [0.15, 0.2) is 72.4 Å². The maximum atomic E-state index is 12.8. The van der Waals surface area contributed by atoms with Gasteiger partial charge in [0.1, 0.15) is 18.0 Å². The third kappa shape index (κ3) is 5.10. The topological polar surface area (TPSA) is 81.9 Å². The minimum atomic E-state index is -0.456. The molecule has 0 saturated heterocycles. The van der Waals surface area contributed by atoms with E-state index in [9.17, 15) is 9.59 Å². The second-order valence-electron chi connectivity index (χ2n) is 6.84. The van der Waals surface area contributed by atoms with Crippen molar-refractivity contribution in [3.05, 3.63) is 88.5 Å². The van der Waals surface area contributed by atoms with Gasteiger partial charge in [0.2, 0.25) is 0 Å². The number of carbonyl (C=O) groups excluding carboxylic acids is 2. The molecule has 0 fully saturated rings. The molecule has 8 heteroatoms. The molecule has 3 heterocycles. The molecule has 1 aromatic carbocycles. The number of amides is 1. The van der Waals surface area contributed by atoms with Crippen molar-refractivity contribution in [1.82, 2.24) is 14.7 Å². The van der Waals surface area contributed by atoms with Gasteiger partial charge in [-0.05, 0) is 41.8 Å². The highest BCUT2D eigenvalue weighted by Gasteiger charge is 2.21. The predicted molar refractivity (Wildman–Crippen MR) is 117 cm³/mol. The number of rotatable bonds is 8. The van der Waals surface area contributed by atoms with Crippen LogP contribution in [0.5, 0.6) is 5.75 Å². The molecule has 31 heavy (non-hydrogen) atoms. The van der Waals surface area contributed by atoms with Gasteiger partial charge >= 0.3 is 5.97 Å². The normalized spacial score (nSPS) is 11.8. The molecular weight excluding hydrogens is 414 g/mol. The highest BCUT2D eigenvalue weighted by atomic mass is 32.1. The SMILES string of the molecule is COC(=O)CC(NC(=O)c1cccc(OCc2cn3ccccc3n2)c1)c1cccs1. The smallest absolute Gasteiger partial charge is 0.307 e. The standard InChI is InChI=1S/C23H21N3O4S/c1-29-22(27)13-19(20-8-5-11-31-20)25-23(28)16-6-4-7-18(12-16)30-15-17-14-26-10-3-2-9-21(26)24-17/h2-12,14,19H,13,15H2,1H3,(H,25,28). The van der Waals surface area contributed by atoms with Crippen LogP contribution in [0.3, 0.4) is 0 Å². The number of carbonyl (C=O) groups is 2. The highest BCUT2D eigenvalue weighted by Crippen LogP contribution is 2.24. The van der Waals surface area contributed by atoms with Crippen LogP contribution in [0.1, 0.15) is 33.4 Å². The number of aromatic nitrogens is 2. The molecule has 0 radical (unpaired) electrons. The summed E-state index contributed by atoms with van der Waals surface area (Å²) in [6.45, 7) is 0.285. The number of ether oxygens (including phenoxy) is 2. The van der Waals surface area contributed by atoms with Crippen LogP contribution in [-0.4, -0.2) is 28.4 Å². The number of imidazole rings is 1. The summed E-state index contributed by atoms with van der Waals surface area (Å²) >= 11 is 1.48. The fourth-order valence-corrected chi connectivity index (χ4v) is 3.92. The van der Waals surface area contributed by atoms with Gasteiger partial charge in [-0.2, -0.15) is 0 Å². The zero-order valence-electron chi connectivity index (χ0n) is 16.9. The lowest BCUT2D eigenvalue weighted by molar-refractivity contribution is -0.141. The number of nitrogens with zero attached hydrogens (tertiary/aromatic N) is 2. The first-order valence-corrected chi connectivity index (χ1v) is 10.6. The molecular formula is C23H21N3O4S. The van der Waals surface area contributed by atoms with Gasteiger partial charge in [-0.3, -0.25) is 9.59 Å². The fraction of sp³-hybridized carbons (Fsp3) is 0.174. The lowest BCUT2D eigenvalue weighted by Crippen LogP contribution is -2.30. The molecule has 1 atom stereocenters. The summed E-state index contributed by atoms with van der Waals surface area (Å²) in [4.78, 5) is 30.0. The molecule has 1 unspecified atom stereocenters. The van der Waals surface area contributed by atoms with E-state index in [0.29, 0.717) is 11.3 Å². The number of methoxy groups -OCH3 is 1. The van der Waals surface area contributed by atoms with Gasteiger partial charge in [-0.25, -0.2) is 4.98 Å². The van der Waals surface area contributed by atoms with E-state index in [-0.39, 0.29) is 24.9 Å². The van der Waals surface area contributed by atoms with Crippen LogP contribution in [0.2, 0.25) is 0 Å². The minimum absolute atomic E-state index is 0.0623. The highest BCUT2D eigenvalue weighted by molar-refractivity contribution is 7.10. The fourth-order valence-electron chi connectivity index (χ4n) is 3.15. The molecule has 7 nitrogen and oxygen atoms in total. The zero-order chi connectivity index (χ0) is 21.6. The van der Waals surface area contributed by atoms with Crippen molar-refractivity contribution in [2.75, 3.05) is 7.11 Å². The summed E-state index contributed by atoms with van der Waals surface area (Å²) in [5.41, 5.74) is 2.08. The van der Waals surface area contributed by atoms with Crippen LogP contribution in [0.25, 0.3) is 5.65 Å². The summed E-state index contributed by atoms with van der Waals surface area (Å²) in [7, 11) is 1.33. The molecule has 1 N–H and O–H groups in total. The van der Waals surface area contributed by atoms with Crippen molar-refractivity contribution in [2.24, 2.45) is 0 Å². The average molecular weight is 436 g/mol. The van der Waals surface area contributed by atoms with Gasteiger partial charge in [0.25, 0.3) is 5.91 Å². The zero-order valence-corrected chi connectivity index (χ0v) is 17.7.